The Morgan fingerprint density at radius 2 is 1.89 bits per heavy atom. The van der Waals surface area contributed by atoms with Gasteiger partial charge in [0.05, 0.1) is 0 Å². The second-order valence-corrected chi connectivity index (χ2v) is 9.68. The third-order valence-electron chi connectivity index (χ3n) is 5.24. The molecule has 27 heavy (non-hydrogen) atoms. The highest BCUT2D eigenvalue weighted by atomic mass is 127. The molecule has 2 N–H and O–H groups in total. The van der Waals surface area contributed by atoms with Crippen LogP contribution in [0.25, 0.3) is 0 Å². The standard InChI is InChI=1S/C21H34N4S.HI/c1-17(2)15-25-13-9-18(10-14-25)24-20(22-3)23-16-21(11-12-21)26-19-7-5-4-6-8-19;/h4-8,17-18H,9-16H2,1-3H3,(H2,22,23,24);1H. The Hall–Kier alpha value is -0.470. The van der Waals surface area contributed by atoms with Crippen LogP contribution in [-0.2, 0) is 0 Å². The Morgan fingerprint density at radius 3 is 2.44 bits per heavy atom. The Kier molecular flexibility index (Phi) is 9.22. The van der Waals surface area contributed by atoms with E-state index in [0.717, 1.165) is 18.4 Å². The summed E-state index contributed by atoms with van der Waals surface area (Å²) in [7, 11) is 1.88. The second-order valence-electron chi connectivity index (χ2n) is 8.14. The summed E-state index contributed by atoms with van der Waals surface area (Å²) >= 11 is 2.01. The number of hydrogen-bond acceptors (Lipinski definition) is 3. The highest BCUT2D eigenvalue weighted by Crippen LogP contribution is 2.51. The molecule has 2 aliphatic rings. The fourth-order valence-electron chi connectivity index (χ4n) is 3.60. The Morgan fingerprint density at radius 1 is 1.22 bits per heavy atom. The molecule has 1 saturated heterocycles. The number of guanidine groups is 1. The summed E-state index contributed by atoms with van der Waals surface area (Å²) < 4.78 is 0.347. The first kappa shape index (κ1) is 22.8. The van der Waals surface area contributed by atoms with Gasteiger partial charge in [-0.25, -0.2) is 0 Å². The van der Waals surface area contributed by atoms with Crippen LogP contribution in [0.4, 0.5) is 0 Å². The molecule has 0 bridgehead atoms. The zero-order chi connectivity index (χ0) is 18.4. The van der Waals surface area contributed by atoms with E-state index in [0.29, 0.717) is 10.8 Å². The molecule has 0 spiro atoms. The number of nitrogens with one attached hydrogen (secondary N) is 2. The number of halogens is 1. The number of piperidine rings is 1. The Bertz CT molecular complexity index is 581. The van der Waals surface area contributed by atoms with Gasteiger partial charge in [0, 0.05) is 48.9 Å². The van der Waals surface area contributed by atoms with E-state index in [1.165, 1.54) is 50.2 Å². The molecule has 1 heterocycles. The number of hydrogen-bond donors (Lipinski definition) is 2. The first-order valence-electron chi connectivity index (χ1n) is 10.0. The van der Waals surface area contributed by atoms with Crippen molar-refractivity contribution >= 4 is 41.7 Å². The molecule has 0 atom stereocenters. The summed E-state index contributed by atoms with van der Waals surface area (Å²) in [5.74, 6) is 1.72. The molecule has 1 saturated carbocycles. The number of rotatable bonds is 7. The lowest BCUT2D eigenvalue weighted by atomic mass is 10.0. The SMILES string of the molecule is CN=C(NCC1(Sc2ccccc2)CC1)NC1CCN(CC(C)C)CC1.I. The van der Waals surface area contributed by atoms with Gasteiger partial charge in [-0.15, -0.1) is 35.7 Å². The maximum atomic E-state index is 4.46. The fourth-order valence-corrected chi connectivity index (χ4v) is 4.85. The summed E-state index contributed by atoms with van der Waals surface area (Å²) in [6, 6.07) is 11.3. The minimum Gasteiger partial charge on any atom is -0.355 e. The van der Waals surface area contributed by atoms with Crippen molar-refractivity contribution in [3.63, 3.8) is 0 Å². The molecule has 3 rings (SSSR count). The third-order valence-corrected chi connectivity index (χ3v) is 6.73. The molecule has 1 aromatic carbocycles. The fraction of sp³-hybridized carbons (Fsp3) is 0.667. The lowest BCUT2D eigenvalue weighted by molar-refractivity contribution is 0.187. The molecule has 1 aromatic rings. The van der Waals surface area contributed by atoms with Crippen molar-refractivity contribution in [2.45, 2.75) is 55.2 Å². The van der Waals surface area contributed by atoms with Crippen LogP contribution in [0.3, 0.4) is 0 Å². The van der Waals surface area contributed by atoms with E-state index in [2.05, 4.69) is 64.7 Å². The minimum atomic E-state index is 0. The molecule has 2 fully saturated rings. The molecule has 0 amide bonds. The number of nitrogens with zero attached hydrogens (tertiary/aromatic N) is 2. The number of likely N-dealkylation sites (tertiary alicyclic amines) is 1. The van der Waals surface area contributed by atoms with Gasteiger partial charge in [0.25, 0.3) is 0 Å². The minimum absolute atomic E-state index is 0. The first-order chi connectivity index (χ1) is 12.6. The Labute approximate surface area is 186 Å². The van der Waals surface area contributed by atoms with Crippen LogP contribution in [0.2, 0.25) is 0 Å². The van der Waals surface area contributed by atoms with E-state index in [1.54, 1.807) is 0 Å². The maximum absolute atomic E-state index is 4.46. The van der Waals surface area contributed by atoms with Crippen molar-refractivity contribution in [3.8, 4) is 0 Å². The van der Waals surface area contributed by atoms with E-state index in [-0.39, 0.29) is 24.0 Å². The highest BCUT2D eigenvalue weighted by molar-refractivity contribution is 14.0. The Balaban J connectivity index is 0.00000261. The smallest absolute Gasteiger partial charge is 0.191 e. The van der Waals surface area contributed by atoms with Gasteiger partial charge in [-0.1, -0.05) is 32.0 Å². The van der Waals surface area contributed by atoms with Crippen molar-refractivity contribution in [2.75, 3.05) is 33.2 Å². The van der Waals surface area contributed by atoms with Crippen molar-refractivity contribution < 1.29 is 0 Å². The lowest BCUT2D eigenvalue weighted by Gasteiger charge is -2.34. The van der Waals surface area contributed by atoms with Crippen LogP contribution >= 0.6 is 35.7 Å². The van der Waals surface area contributed by atoms with Crippen LogP contribution in [0, 0.1) is 5.92 Å². The molecule has 152 valence electrons. The summed E-state index contributed by atoms with van der Waals surface area (Å²) in [5, 5.41) is 7.23. The monoisotopic (exact) mass is 502 g/mol. The third kappa shape index (κ3) is 7.46. The predicted octanol–water partition coefficient (Wildman–Crippen LogP) is 4.21. The van der Waals surface area contributed by atoms with E-state index in [9.17, 15) is 0 Å². The van der Waals surface area contributed by atoms with E-state index >= 15 is 0 Å². The van der Waals surface area contributed by atoms with Crippen LogP contribution in [0.5, 0.6) is 0 Å². The summed E-state index contributed by atoms with van der Waals surface area (Å²) in [4.78, 5) is 8.42. The molecule has 1 aliphatic carbocycles. The van der Waals surface area contributed by atoms with Crippen molar-refractivity contribution in [2.24, 2.45) is 10.9 Å². The van der Waals surface area contributed by atoms with Gasteiger partial charge in [0.2, 0.25) is 0 Å². The van der Waals surface area contributed by atoms with E-state index in [1.807, 2.05) is 18.8 Å². The van der Waals surface area contributed by atoms with Gasteiger partial charge in [-0.3, -0.25) is 4.99 Å². The topological polar surface area (TPSA) is 39.7 Å². The van der Waals surface area contributed by atoms with E-state index in [4.69, 9.17) is 0 Å². The highest BCUT2D eigenvalue weighted by Gasteiger charge is 2.43. The quantitative estimate of drug-likeness (QED) is 0.333. The van der Waals surface area contributed by atoms with Gasteiger partial charge >= 0.3 is 0 Å². The number of benzene rings is 1. The molecular formula is C21H35IN4S. The van der Waals surface area contributed by atoms with Crippen molar-refractivity contribution in [3.05, 3.63) is 30.3 Å². The van der Waals surface area contributed by atoms with Crippen LogP contribution in [0.15, 0.2) is 40.2 Å². The summed E-state index contributed by atoms with van der Waals surface area (Å²) in [5.41, 5.74) is 0. The van der Waals surface area contributed by atoms with Crippen molar-refractivity contribution in [1.82, 2.24) is 15.5 Å². The molecule has 4 nitrogen and oxygen atoms in total. The number of thioether (sulfide) groups is 1. The van der Waals surface area contributed by atoms with Gasteiger partial charge in [-0.2, -0.15) is 0 Å². The average molecular weight is 503 g/mol. The van der Waals surface area contributed by atoms with Crippen LogP contribution in [0.1, 0.15) is 39.5 Å². The van der Waals surface area contributed by atoms with Crippen molar-refractivity contribution in [1.29, 1.82) is 0 Å². The summed E-state index contributed by atoms with van der Waals surface area (Å²) in [6.07, 6.45) is 4.98. The average Bonchev–Trinajstić information content (AvgIpc) is 3.40. The predicted molar refractivity (Wildman–Crippen MR) is 128 cm³/mol. The molecular weight excluding hydrogens is 467 g/mol. The normalized spacial score (nSPS) is 20.2. The largest absolute Gasteiger partial charge is 0.355 e. The van der Waals surface area contributed by atoms with Gasteiger partial charge in [-0.05, 0) is 43.7 Å². The van der Waals surface area contributed by atoms with Crippen LogP contribution < -0.4 is 10.6 Å². The zero-order valence-electron chi connectivity index (χ0n) is 16.9. The maximum Gasteiger partial charge on any atom is 0.191 e. The zero-order valence-corrected chi connectivity index (χ0v) is 20.1. The first-order valence-corrected chi connectivity index (χ1v) is 10.8. The molecule has 0 aromatic heterocycles. The van der Waals surface area contributed by atoms with Crippen LogP contribution in [-0.4, -0.2) is 54.9 Å². The second kappa shape index (κ2) is 10.9. The number of aliphatic imine (C=N–C) groups is 1. The molecule has 0 radical (unpaired) electrons. The molecule has 1 aliphatic heterocycles. The molecule has 6 heteroatoms. The lowest BCUT2D eigenvalue weighted by Crippen LogP contribution is -2.50. The van der Waals surface area contributed by atoms with Gasteiger partial charge in [0.1, 0.15) is 0 Å². The summed E-state index contributed by atoms with van der Waals surface area (Å²) in [6.45, 7) is 9.20. The van der Waals surface area contributed by atoms with Gasteiger partial charge in [0.15, 0.2) is 5.96 Å². The molecule has 0 unspecified atom stereocenters. The van der Waals surface area contributed by atoms with E-state index < -0.39 is 0 Å². The van der Waals surface area contributed by atoms with Gasteiger partial charge < -0.3 is 15.5 Å².